The molecule has 8 heteroatoms. The molecule has 2 rings (SSSR count). The molecule has 0 atom stereocenters. The van der Waals surface area contributed by atoms with Gasteiger partial charge >= 0.3 is 6.18 Å². The van der Waals surface area contributed by atoms with E-state index < -0.39 is 22.9 Å². The minimum atomic E-state index is -4.48. The number of carbonyl (C=O) groups excluding carboxylic acids is 2. The lowest BCUT2D eigenvalue weighted by Gasteiger charge is -2.10. The van der Waals surface area contributed by atoms with Crippen molar-refractivity contribution in [3.63, 3.8) is 0 Å². The van der Waals surface area contributed by atoms with Crippen molar-refractivity contribution in [2.45, 2.75) is 6.18 Å². The minimum Gasteiger partial charge on any atom is -0.321 e. The summed E-state index contributed by atoms with van der Waals surface area (Å²) in [7, 11) is 0. The fourth-order valence-electron chi connectivity index (χ4n) is 1.79. The van der Waals surface area contributed by atoms with E-state index in [-0.39, 0.29) is 21.8 Å². The molecule has 0 radical (unpaired) electrons. The Hall–Kier alpha value is -2.05. The Morgan fingerprint density at radius 3 is 2.13 bits per heavy atom. The third-order valence-corrected chi connectivity index (χ3v) is 3.54. The summed E-state index contributed by atoms with van der Waals surface area (Å²) in [4.78, 5) is 23.2. The molecule has 0 aliphatic rings. The van der Waals surface area contributed by atoms with Crippen LogP contribution in [0.25, 0.3) is 0 Å². The van der Waals surface area contributed by atoms with Crippen molar-refractivity contribution in [1.82, 2.24) is 0 Å². The van der Waals surface area contributed by atoms with Gasteiger partial charge in [-0.05, 0) is 48.0 Å². The van der Waals surface area contributed by atoms with Crippen LogP contribution in [0, 0.1) is 0 Å². The van der Waals surface area contributed by atoms with Gasteiger partial charge in [-0.2, -0.15) is 13.2 Å². The summed E-state index contributed by atoms with van der Waals surface area (Å²) in [6.07, 6.45) is -4.48. The molecule has 0 aliphatic heterocycles. The van der Waals surface area contributed by atoms with E-state index in [1.54, 1.807) is 0 Å². The largest absolute Gasteiger partial charge is 0.416 e. The number of anilines is 1. The molecule has 1 amide bonds. The number of amides is 1. The first-order valence-electron chi connectivity index (χ1n) is 6.17. The maximum atomic E-state index is 12.5. The van der Waals surface area contributed by atoms with Crippen LogP contribution < -0.4 is 5.32 Å². The van der Waals surface area contributed by atoms with Gasteiger partial charge < -0.3 is 5.32 Å². The Balaban J connectivity index is 2.23. The van der Waals surface area contributed by atoms with Gasteiger partial charge in [-0.3, -0.25) is 9.59 Å². The smallest absolute Gasteiger partial charge is 0.321 e. The summed E-state index contributed by atoms with van der Waals surface area (Å²) in [6.45, 7) is 0. The second-order valence-electron chi connectivity index (χ2n) is 4.47. The second kappa shape index (κ2) is 6.60. The van der Waals surface area contributed by atoms with Crippen molar-refractivity contribution in [2.75, 3.05) is 5.32 Å². The zero-order valence-corrected chi connectivity index (χ0v) is 12.8. The molecule has 0 bridgehead atoms. The number of rotatable bonds is 3. The Morgan fingerprint density at radius 1 is 1.00 bits per heavy atom. The number of hydrogen-bond acceptors (Lipinski definition) is 2. The monoisotopic (exact) mass is 361 g/mol. The lowest BCUT2D eigenvalue weighted by molar-refractivity contribution is -0.137. The van der Waals surface area contributed by atoms with Crippen molar-refractivity contribution < 1.29 is 22.8 Å². The van der Waals surface area contributed by atoms with Crippen molar-refractivity contribution in [1.29, 1.82) is 0 Å². The van der Waals surface area contributed by atoms with Crippen LogP contribution in [0.15, 0.2) is 42.5 Å². The standard InChI is InChI=1S/C15H8Cl2F3NO2/c16-12-10(13(17)22)2-1-3-11(12)21-14(23)8-4-6-9(7-5-8)15(18,19)20/h1-7H,(H,21,23). The Morgan fingerprint density at radius 2 is 1.61 bits per heavy atom. The van der Waals surface area contributed by atoms with Gasteiger partial charge in [0.25, 0.3) is 11.1 Å². The predicted octanol–water partition coefficient (Wildman–Crippen LogP) is 4.99. The van der Waals surface area contributed by atoms with E-state index in [1.807, 2.05) is 0 Å². The normalized spacial score (nSPS) is 11.2. The molecule has 0 saturated carbocycles. The summed E-state index contributed by atoms with van der Waals surface area (Å²) in [5.41, 5.74) is -0.708. The number of hydrogen-bond donors (Lipinski definition) is 1. The van der Waals surface area contributed by atoms with Crippen LogP contribution in [0.4, 0.5) is 18.9 Å². The van der Waals surface area contributed by atoms with Crippen LogP contribution in [0.2, 0.25) is 5.02 Å². The van der Waals surface area contributed by atoms with E-state index in [0.717, 1.165) is 24.3 Å². The van der Waals surface area contributed by atoms with Gasteiger partial charge in [0, 0.05) is 5.56 Å². The van der Waals surface area contributed by atoms with Crippen molar-refractivity contribution >= 4 is 40.0 Å². The fourth-order valence-corrected chi connectivity index (χ4v) is 2.25. The van der Waals surface area contributed by atoms with Gasteiger partial charge in [-0.25, -0.2) is 0 Å². The first-order valence-corrected chi connectivity index (χ1v) is 6.92. The molecule has 2 aromatic rings. The van der Waals surface area contributed by atoms with E-state index in [4.69, 9.17) is 23.2 Å². The molecule has 0 heterocycles. The van der Waals surface area contributed by atoms with Crippen LogP contribution in [0.1, 0.15) is 26.3 Å². The van der Waals surface area contributed by atoms with Crippen LogP contribution in [-0.2, 0) is 6.18 Å². The first kappa shape index (κ1) is 17.3. The quantitative estimate of drug-likeness (QED) is 0.782. The van der Waals surface area contributed by atoms with Gasteiger partial charge in [0.15, 0.2) is 0 Å². The SMILES string of the molecule is O=C(Nc1cccc(C(=O)Cl)c1Cl)c1ccc(C(F)(F)F)cc1. The van der Waals surface area contributed by atoms with Crippen LogP contribution in [0.3, 0.4) is 0 Å². The third kappa shape index (κ3) is 4.03. The van der Waals surface area contributed by atoms with E-state index in [9.17, 15) is 22.8 Å². The van der Waals surface area contributed by atoms with E-state index in [1.165, 1.54) is 18.2 Å². The Labute approximate surface area is 139 Å². The van der Waals surface area contributed by atoms with E-state index in [0.29, 0.717) is 0 Å². The zero-order chi connectivity index (χ0) is 17.2. The number of halogens is 5. The zero-order valence-electron chi connectivity index (χ0n) is 11.2. The number of nitrogens with one attached hydrogen (secondary N) is 1. The summed E-state index contributed by atoms with van der Waals surface area (Å²) >= 11 is 11.3. The van der Waals surface area contributed by atoms with Crippen molar-refractivity contribution in [3.05, 3.63) is 64.2 Å². The highest BCUT2D eigenvalue weighted by molar-refractivity contribution is 6.69. The van der Waals surface area contributed by atoms with Crippen LogP contribution >= 0.6 is 23.2 Å². The summed E-state index contributed by atoms with van der Waals surface area (Å²) in [5.74, 6) is -0.667. The van der Waals surface area contributed by atoms with Crippen LogP contribution in [-0.4, -0.2) is 11.1 Å². The predicted molar refractivity (Wildman–Crippen MR) is 81.0 cm³/mol. The molecule has 0 unspecified atom stereocenters. The number of alkyl halides is 3. The lowest BCUT2D eigenvalue weighted by Crippen LogP contribution is -2.13. The Bertz CT molecular complexity index is 758. The summed E-state index contributed by atoms with van der Waals surface area (Å²) in [5, 5.41) is 1.58. The molecule has 0 aliphatic carbocycles. The van der Waals surface area contributed by atoms with Gasteiger partial charge in [0.2, 0.25) is 0 Å². The molecule has 2 aromatic carbocycles. The Kier molecular flexibility index (Phi) is 4.97. The van der Waals surface area contributed by atoms with Crippen molar-refractivity contribution in [3.8, 4) is 0 Å². The fraction of sp³-hybridized carbons (Fsp3) is 0.0667. The number of benzene rings is 2. The molecule has 0 spiro atoms. The molecule has 0 aromatic heterocycles. The van der Waals surface area contributed by atoms with Gasteiger partial charge in [-0.15, -0.1) is 0 Å². The number of carbonyl (C=O) groups is 2. The first-order chi connectivity index (χ1) is 10.7. The molecule has 23 heavy (non-hydrogen) atoms. The van der Waals surface area contributed by atoms with Crippen molar-refractivity contribution in [2.24, 2.45) is 0 Å². The molecule has 3 nitrogen and oxygen atoms in total. The molecule has 0 fully saturated rings. The molecular formula is C15H8Cl2F3NO2. The average Bonchev–Trinajstić information content (AvgIpc) is 2.48. The summed E-state index contributed by atoms with van der Waals surface area (Å²) < 4.78 is 37.4. The molecule has 120 valence electrons. The molecule has 1 N–H and O–H groups in total. The van der Waals surface area contributed by atoms with Gasteiger partial charge in [0.05, 0.1) is 21.8 Å². The lowest BCUT2D eigenvalue weighted by atomic mass is 10.1. The maximum Gasteiger partial charge on any atom is 0.416 e. The second-order valence-corrected chi connectivity index (χ2v) is 5.19. The topological polar surface area (TPSA) is 46.2 Å². The third-order valence-electron chi connectivity index (χ3n) is 2.93. The van der Waals surface area contributed by atoms with Crippen LogP contribution in [0.5, 0.6) is 0 Å². The highest BCUT2D eigenvalue weighted by Crippen LogP contribution is 2.30. The average molecular weight is 362 g/mol. The molecule has 0 saturated heterocycles. The summed E-state index contributed by atoms with van der Waals surface area (Å²) in [6, 6.07) is 7.97. The maximum absolute atomic E-state index is 12.5. The molecular weight excluding hydrogens is 354 g/mol. The highest BCUT2D eigenvalue weighted by Gasteiger charge is 2.30. The van der Waals surface area contributed by atoms with Gasteiger partial charge in [-0.1, -0.05) is 17.7 Å². The van der Waals surface area contributed by atoms with E-state index >= 15 is 0 Å². The van der Waals surface area contributed by atoms with Gasteiger partial charge in [0.1, 0.15) is 0 Å². The van der Waals surface area contributed by atoms with E-state index in [2.05, 4.69) is 5.32 Å². The minimum absolute atomic E-state index is 0.0108. The highest BCUT2D eigenvalue weighted by atomic mass is 35.5.